The van der Waals surface area contributed by atoms with Crippen LogP contribution in [0.3, 0.4) is 0 Å². The third kappa shape index (κ3) is 3.72. The second-order valence-electron chi connectivity index (χ2n) is 7.13. The SMILES string of the molecule is CC1CN(C(=O)Cn2c([C@H]3CCCO3)cc3cccnc32)CC(C)O1.Cl. The number of aromatic nitrogens is 2. The fraction of sp³-hybridized carbons (Fsp3) is 0.579. The Hall–Kier alpha value is -1.63. The average Bonchev–Trinajstić information content (AvgIpc) is 3.22. The summed E-state index contributed by atoms with van der Waals surface area (Å²) in [6.45, 7) is 6.40. The van der Waals surface area contributed by atoms with Gasteiger partial charge in [0, 0.05) is 37.0 Å². The number of hydrogen-bond acceptors (Lipinski definition) is 4. The van der Waals surface area contributed by atoms with Gasteiger partial charge < -0.3 is 18.9 Å². The third-order valence-corrected chi connectivity index (χ3v) is 5.01. The molecule has 0 spiro atoms. The molecule has 6 nitrogen and oxygen atoms in total. The van der Waals surface area contributed by atoms with Crippen molar-refractivity contribution in [3.8, 4) is 0 Å². The predicted molar refractivity (Wildman–Crippen MR) is 101 cm³/mol. The summed E-state index contributed by atoms with van der Waals surface area (Å²) in [5.41, 5.74) is 1.92. The number of ether oxygens (including phenoxy) is 2. The molecule has 3 atom stereocenters. The monoisotopic (exact) mass is 379 g/mol. The first-order valence-corrected chi connectivity index (χ1v) is 9.11. The Morgan fingerprint density at radius 3 is 2.77 bits per heavy atom. The van der Waals surface area contributed by atoms with E-state index < -0.39 is 0 Å². The van der Waals surface area contributed by atoms with E-state index in [1.807, 2.05) is 35.4 Å². The maximum Gasteiger partial charge on any atom is 0.242 e. The van der Waals surface area contributed by atoms with E-state index in [1.165, 1.54) is 0 Å². The number of amides is 1. The number of rotatable bonds is 3. The molecule has 2 aromatic heterocycles. The minimum Gasteiger partial charge on any atom is -0.372 e. The molecule has 0 N–H and O–H groups in total. The van der Waals surface area contributed by atoms with Crippen LogP contribution in [0.4, 0.5) is 0 Å². The van der Waals surface area contributed by atoms with E-state index in [-0.39, 0.29) is 36.6 Å². The minimum absolute atomic E-state index is 0. The van der Waals surface area contributed by atoms with E-state index in [0.29, 0.717) is 19.6 Å². The van der Waals surface area contributed by atoms with Crippen molar-refractivity contribution in [1.29, 1.82) is 0 Å². The van der Waals surface area contributed by atoms with Crippen LogP contribution in [-0.2, 0) is 20.8 Å². The summed E-state index contributed by atoms with van der Waals surface area (Å²) in [5, 5.41) is 1.06. The van der Waals surface area contributed by atoms with Gasteiger partial charge in [-0.3, -0.25) is 4.79 Å². The highest BCUT2D eigenvalue weighted by Crippen LogP contribution is 2.32. The Morgan fingerprint density at radius 1 is 1.31 bits per heavy atom. The Bertz CT molecular complexity index is 762. The number of pyridine rings is 1. The molecule has 1 amide bonds. The maximum absolute atomic E-state index is 12.9. The van der Waals surface area contributed by atoms with E-state index in [9.17, 15) is 4.79 Å². The highest BCUT2D eigenvalue weighted by atomic mass is 35.5. The number of carbonyl (C=O) groups excluding carboxylic acids is 1. The lowest BCUT2D eigenvalue weighted by atomic mass is 10.1. The third-order valence-electron chi connectivity index (χ3n) is 5.01. The second-order valence-corrected chi connectivity index (χ2v) is 7.13. The Labute approximate surface area is 159 Å². The highest BCUT2D eigenvalue weighted by molar-refractivity contribution is 5.85. The van der Waals surface area contributed by atoms with Crippen LogP contribution in [-0.4, -0.2) is 52.3 Å². The quantitative estimate of drug-likeness (QED) is 0.822. The lowest BCUT2D eigenvalue weighted by Crippen LogP contribution is -2.49. The van der Waals surface area contributed by atoms with Gasteiger partial charge in [-0.2, -0.15) is 0 Å². The Kier molecular flexibility index (Phi) is 5.85. The van der Waals surface area contributed by atoms with Crippen molar-refractivity contribution in [2.24, 2.45) is 0 Å². The number of carbonyl (C=O) groups is 1. The Morgan fingerprint density at radius 2 is 2.08 bits per heavy atom. The molecule has 0 bridgehead atoms. The summed E-state index contributed by atoms with van der Waals surface area (Å²) in [6, 6.07) is 6.09. The number of hydrogen-bond donors (Lipinski definition) is 0. The van der Waals surface area contributed by atoms with Crippen LogP contribution in [0.15, 0.2) is 24.4 Å². The number of fused-ring (bicyclic) bond motifs is 1. The molecule has 2 aromatic rings. The predicted octanol–water partition coefficient (Wildman–Crippen LogP) is 2.95. The van der Waals surface area contributed by atoms with Crippen molar-refractivity contribution in [2.45, 2.75) is 51.5 Å². The first-order chi connectivity index (χ1) is 12.1. The lowest BCUT2D eigenvalue weighted by molar-refractivity contribution is -0.143. The fourth-order valence-corrected chi connectivity index (χ4v) is 3.97. The van der Waals surface area contributed by atoms with Crippen LogP contribution >= 0.6 is 12.4 Å². The second kappa shape index (κ2) is 7.94. The van der Waals surface area contributed by atoms with Gasteiger partial charge in [-0.05, 0) is 44.9 Å². The molecule has 0 saturated carbocycles. The molecule has 2 aliphatic rings. The van der Waals surface area contributed by atoms with Gasteiger partial charge in [-0.15, -0.1) is 12.4 Å². The molecule has 142 valence electrons. The average molecular weight is 380 g/mol. The van der Waals surface area contributed by atoms with Gasteiger partial charge in [-0.25, -0.2) is 4.98 Å². The summed E-state index contributed by atoms with van der Waals surface area (Å²) in [6.07, 6.45) is 4.04. The van der Waals surface area contributed by atoms with Crippen LogP contribution < -0.4 is 0 Å². The molecule has 4 heterocycles. The van der Waals surface area contributed by atoms with Crippen molar-refractivity contribution >= 4 is 29.3 Å². The highest BCUT2D eigenvalue weighted by Gasteiger charge is 2.28. The normalized spacial score (nSPS) is 26.1. The zero-order valence-electron chi connectivity index (χ0n) is 15.3. The summed E-state index contributed by atoms with van der Waals surface area (Å²) >= 11 is 0. The van der Waals surface area contributed by atoms with E-state index in [4.69, 9.17) is 9.47 Å². The van der Waals surface area contributed by atoms with Gasteiger partial charge in [0.25, 0.3) is 0 Å². The molecule has 2 unspecified atom stereocenters. The fourth-order valence-electron chi connectivity index (χ4n) is 3.97. The van der Waals surface area contributed by atoms with Crippen molar-refractivity contribution in [3.05, 3.63) is 30.1 Å². The zero-order valence-corrected chi connectivity index (χ0v) is 16.1. The van der Waals surface area contributed by atoms with Crippen molar-refractivity contribution < 1.29 is 14.3 Å². The van der Waals surface area contributed by atoms with Gasteiger partial charge in [-0.1, -0.05) is 0 Å². The molecule has 0 aliphatic carbocycles. The standard InChI is InChI=1S/C19H25N3O3.ClH/c1-13-10-21(11-14(2)25-13)18(23)12-22-16(17-6-4-8-24-17)9-15-5-3-7-20-19(15)22;/h3,5,7,9,13-14,17H,4,6,8,10-12H2,1-2H3;1H/t13?,14?,17-;/m1./s1. The summed E-state index contributed by atoms with van der Waals surface area (Å²) in [4.78, 5) is 19.4. The van der Waals surface area contributed by atoms with Crippen LogP contribution in [0, 0.1) is 0 Å². The molecule has 2 fully saturated rings. The first kappa shape index (κ1) is 19.1. The van der Waals surface area contributed by atoms with E-state index >= 15 is 0 Å². The molecule has 0 radical (unpaired) electrons. The Balaban J connectivity index is 0.00000196. The van der Waals surface area contributed by atoms with Crippen molar-refractivity contribution in [2.75, 3.05) is 19.7 Å². The molecule has 4 rings (SSSR count). The van der Waals surface area contributed by atoms with Crippen LogP contribution in [0.2, 0.25) is 0 Å². The van der Waals surface area contributed by atoms with Crippen molar-refractivity contribution in [1.82, 2.24) is 14.5 Å². The summed E-state index contributed by atoms with van der Waals surface area (Å²) in [5.74, 6) is 0.115. The molecule has 7 heteroatoms. The van der Waals surface area contributed by atoms with Gasteiger partial charge in [0.2, 0.25) is 5.91 Å². The minimum atomic E-state index is 0. The largest absolute Gasteiger partial charge is 0.372 e. The number of morpholine rings is 1. The topological polar surface area (TPSA) is 56.6 Å². The molecule has 2 saturated heterocycles. The van der Waals surface area contributed by atoms with Crippen LogP contribution in [0.25, 0.3) is 11.0 Å². The van der Waals surface area contributed by atoms with E-state index in [0.717, 1.165) is 36.2 Å². The van der Waals surface area contributed by atoms with E-state index in [1.54, 1.807) is 6.20 Å². The van der Waals surface area contributed by atoms with Gasteiger partial charge >= 0.3 is 0 Å². The zero-order chi connectivity index (χ0) is 17.4. The van der Waals surface area contributed by atoms with Gasteiger partial charge in [0.05, 0.1) is 18.3 Å². The van der Waals surface area contributed by atoms with E-state index in [2.05, 4.69) is 11.1 Å². The van der Waals surface area contributed by atoms with Crippen LogP contribution in [0.1, 0.15) is 38.5 Å². The maximum atomic E-state index is 12.9. The summed E-state index contributed by atoms with van der Waals surface area (Å²) in [7, 11) is 0. The lowest BCUT2D eigenvalue weighted by Gasteiger charge is -2.35. The smallest absolute Gasteiger partial charge is 0.242 e. The molecular formula is C19H26ClN3O3. The molecular weight excluding hydrogens is 354 g/mol. The van der Waals surface area contributed by atoms with Gasteiger partial charge in [0.1, 0.15) is 12.2 Å². The number of nitrogens with zero attached hydrogens (tertiary/aromatic N) is 3. The van der Waals surface area contributed by atoms with Crippen molar-refractivity contribution in [3.63, 3.8) is 0 Å². The molecule has 26 heavy (non-hydrogen) atoms. The van der Waals surface area contributed by atoms with Gasteiger partial charge in [0.15, 0.2) is 0 Å². The molecule has 0 aromatic carbocycles. The summed E-state index contributed by atoms with van der Waals surface area (Å²) < 4.78 is 13.7. The molecule has 2 aliphatic heterocycles. The van der Waals surface area contributed by atoms with Crippen LogP contribution in [0.5, 0.6) is 0 Å². The first-order valence-electron chi connectivity index (χ1n) is 9.11. The number of halogens is 1.